The highest BCUT2D eigenvalue weighted by Crippen LogP contribution is 2.36. The van der Waals surface area contributed by atoms with Crippen LogP contribution >= 0.6 is 0 Å². The van der Waals surface area contributed by atoms with E-state index >= 15 is 0 Å². The number of nitrogens with one attached hydrogen (secondary N) is 1. The van der Waals surface area contributed by atoms with E-state index in [2.05, 4.69) is 34.6 Å². The zero-order chi connectivity index (χ0) is 19.2. The van der Waals surface area contributed by atoms with Gasteiger partial charge in [0.05, 0.1) is 12.2 Å². The van der Waals surface area contributed by atoms with Crippen molar-refractivity contribution in [1.82, 2.24) is 10.3 Å². The minimum absolute atomic E-state index is 0.221. The van der Waals surface area contributed by atoms with E-state index in [1.54, 1.807) is 0 Å². The third-order valence-electron chi connectivity index (χ3n) is 6.55. The van der Waals surface area contributed by atoms with Gasteiger partial charge in [0.1, 0.15) is 0 Å². The molecule has 0 bridgehead atoms. The summed E-state index contributed by atoms with van der Waals surface area (Å²) in [5.74, 6) is 1.11. The number of nitrogens with zero attached hydrogens (tertiary/aromatic N) is 1. The Morgan fingerprint density at radius 3 is 2.36 bits per heavy atom. The van der Waals surface area contributed by atoms with Gasteiger partial charge >= 0.3 is 0 Å². The van der Waals surface area contributed by atoms with E-state index in [1.165, 1.54) is 57.1 Å². The molecule has 0 atom stereocenters. The van der Waals surface area contributed by atoms with Crippen molar-refractivity contribution in [3.05, 3.63) is 65.2 Å². The third kappa shape index (κ3) is 4.45. The Balaban J connectivity index is 1.58. The molecular weight excluding hydrogens is 344 g/mol. The number of hydrogen-bond donors (Lipinski definition) is 1. The monoisotopic (exact) mass is 376 g/mol. The molecule has 0 amide bonds. The van der Waals surface area contributed by atoms with Crippen LogP contribution in [0.15, 0.2) is 59.5 Å². The van der Waals surface area contributed by atoms with E-state index in [1.807, 2.05) is 18.3 Å². The van der Waals surface area contributed by atoms with Gasteiger partial charge in [0, 0.05) is 29.0 Å². The van der Waals surface area contributed by atoms with E-state index in [0.29, 0.717) is 11.7 Å². The van der Waals surface area contributed by atoms with Gasteiger partial charge in [-0.15, -0.1) is 0 Å². The molecule has 0 aromatic carbocycles. The molecule has 1 aromatic rings. The van der Waals surface area contributed by atoms with Crippen LogP contribution in [0, 0.1) is 11.8 Å². The number of aromatic nitrogens is 1. The normalized spacial score (nSPS) is 22.8. The van der Waals surface area contributed by atoms with Crippen LogP contribution < -0.4 is 5.32 Å². The van der Waals surface area contributed by atoms with Crippen molar-refractivity contribution in [2.75, 3.05) is 0 Å². The summed E-state index contributed by atoms with van der Waals surface area (Å²) < 4.78 is 0. The summed E-state index contributed by atoms with van der Waals surface area (Å²) in [4.78, 5) is 17.8. The number of carbonyl (C=O) groups is 1. The summed E-state index contributed by atoms with van der Waals surface area (Å²) in [5, 5.41) is 3.71. The number of Topliss-reactive ketones (excluding diaryl/α,β-unsaturated/α-hetero) is 1. The summed E-state index contributed by atoms with van der Waals surface area (Å²) in [6.07, 6.45) is 20.2. The Labute approximate surface area is 169 Å². The number of allylic oxidation sites excluding steroid dienone is 6. The van der Waals surface area contributed by atoms with Crippen molar-refractivity contribution in [3.63, 3.8) is 0 Å². The Bertz CT molecular complexity index is 763. The Morgan fingerprint density at radius 2 is 1.68 bits per heavy atom. The number of hydrogen-bond acceptors (Lipinski definition) is 3. The lowest BCUT2D eigenvalue weighted by molar-refractivity contribution is -0.119. The highest BCUT2D eigenvalue weighted by Gasteiger charge is 2.29. The zero-order valence-electron chi connectivity index (χ0n) is 16.8. The fraction of sp³-hybridized carbons (Fsp3) is 0.520. The molecule has 2 fully saturated rings. The van der Waals surface area contributed by atoms with Gasteiger partial charge in [-0.3, -0.25) is 9.78 Å². The molecule has 0 aliphatic heterocycles. The predicted molar refractivity (Wildman–Crippen MR) is 113 cm³/mol. The lowest BCUT2D eigenvalue weighted by Gasteiger charge is -2.28. The smallest absolute Gasteiger partial charge is 0.166 e. The van der Waals surface area contributed by atoms with Crippen LogP contribution in [0.25, 0.3) is 0 Å². The molecule has 3 nitrogen and oxygen atoms in total. The summed E-state index contributed by atoms with van der Waals surface area (Å²) in [5.41, 5.74) is 4.41. The van der Waals surface area contributed by atoms with Gasteiger partial charge in [0.2, 0.25) is 0 Å². The molecule has 4 rings (SSSR count). The van der Waals surface area contributed by atoms with Crippen molar-refractivity contribution in [2.45, 2.75) is 70.8 Å². The number of pyridine rings is 1. The summed E-state index contributed by atoms with van der Waals surface area (Å²) in [6, 6.07) is 6.04. The predicted octanol–water partition coefficient (Wildman–Crippen LogP) is 5.65. The molecule has 0 saturated heterocycles. The lowest BCUT2D eigenvalue weighted by Crippen LogP contribution is -2.26. The van der Waals surface area contributed by atoms with Gasteiger partial charge in [0.25, 0.3) is 0 Å². The molecule has 0 radical (unpaired) electrons. The van der Waals surface area contributed by atoms with Gasteiger partial charge in [-0.25, -0.2) is 0 Å². The third-order valence-corrected chi connectivity index (χ3v) is 6.55. The van der Waals surface area contributed by atoms with Crippen molar-refractivity contribution in [3.8, 4) is 0 Å². The Kier molecular flexibility index (Phi) is 6.41. The van der Waals surface area contributed by atoms with Crippen LogP contribution in [0.4, 0.5) is 0 Å². The number of ketones is 1. The first-order valence-corrected chi connectivity index (χ1v) is 11.1. The maximum absolute atomic E-state index is 13.3. The van der Waals surface area contributed by atoms with Crippen molar-refractivity contribution < 1.29 is 4.79 Å². The molecule has 148 valence electrons. The van der Waals surface area contributed by atoms with E-state index < -0.39 is 0 Å². The zero-order valence-corrected chi connectivity index (χ0v) is 16.8. The molecule has 1 aromatic heterocycles. The van der Waals surface area contributed by atoms with Crippen LogP contribution in [0.3, 0.4) is 0 Å². The van der Waals surface area contributed by atoms with Gasteiger partial charge in [-0.2, -0.15) is 0 Å². The topological polar surface area (TPSA) is 42.0 Å². The molecule has 2 saturated carbocycles. The lowest BCUT2D eigenvalue weighted by atomic mass is 9.80. The molecule has 3 aliphatic carbocycles. The van der Waals surface area contributed by atoms with Crippen molar-refractivity contribution >= 4 is 5.78 Å². The maximum Gasteiger partial charge on any atom is 0.166 e. The van der Waals surface area contributed by atoms with Crippen LogP contribution in [0.2, 0.25) is 0 Å². The van der Waals surface area contributed by atoms with E-state index in [-0.39, 0.29) is 5.92 Å². The molecule has 3 heteroatoms. The Morgan fingerprint density at radius 1 is 0.964 bits per heavy atom. The average Bonchev–Trinajstić information content (AvgIpc) is 3.25. The van der Waals surface area contributed by atoms with Crippen LogP contribution in [-0.4, -0.2) is 10.8 Å². The number of carbonyl (C=O) groups excluding carboxylic acids is 1. The van der Waals surface area contributed by atoms with Gasteiger partial charge < -0.3 is 5.32 Å². The largest absolute Gasteiger partial charge is 0.382 e. The fourth-order valence-corrected chi connectivity index (χ4v) is 4.99. The van der Waals surface area contributed by atoms with E-state index in [9.17, 15) is 4.79 Å². The molecule has 1 heterocycles. The summed E-state index contributed by atoms with van der Waals surface area (Å²) in [6.45, 7) is 0.717. The average molecular weight is 377 g/mol. The van der Waals surface area contributed by atoms with Crippen molar-refractivity contribution in [2.24, 2.45) is 11.8 Å². The molecular formula is C25H32N2O. The molecule has 1 N–H and O–H groups in total. The minimum atomic E-state index is 0.221. The summed E-state index contributed by atoms with van der Waals surface area (Å²) in [7, 11) is 0. The molecule has 3 aliphatic rings. The highest BCUT2D eigenvalue weighted by atomic mass is 16.1. The second-order valence-electron chi connectivity index (χ2n) is 8.48. The molecule has 0 unspecified atom stereocenters. The van der Waals surface area contributed by atoms with E-state index in [4.69, 9.17) is 0 Å². The fourth-order valence-electron chi connectivity index (χ4n) is 4.99. The van der Waals surface area contributed by atoms with Crippen LogP contribution in [0.5, 0.6) is 0 Å². The highest BCUT2D eigenvalue weighted by molar-refractivity contribution is 6.03. The number of rotatable bonds is 6. The Hall–Kier alpha value is -2.16. The molecule has 0 spiro atoms. The van der Waals surface area contributed by atoms with Gasteiger partial charge in [0.15, 0.2) is 5.78 Å². The second-order valence-corrected chi connectivity index (χ2v) is 8.48. The van der Waals surface area contributed by atoms with Crippen molar-refractivity contribution in [1.29, 1.82) is 0 Å². The molecule has 28 heavy (non-hydrogen) atoms. The first-order valence-electron chi connectivity index (χ1n) is 11.1. The van der Waals surface area contributed by atoms with Gasteiger partial charge in [-0.1, -0.05) is 62.8 Å². The first kappa shape index (κ1) is 19.2. The van der Waals surface area contributed by atoms with Crippen LogP contribution in [-0.2, 0) is 11.3 Å². The standard InChI is InChI=1S/C25H32N2O/c28-25(20-12-5-2-6-13-20)23-16-9-15-22(23)24(19-10-3-1-4-11-19)27-18-21-14-7-8-17-26-21/h7-9,14-17,19-20,27H,1-6,10-13,18H2/b24-22-. The quantitative estimate of drug-likeness (QED) is 0.697. The van der Waals surface area contributed by atoms with Gasteiger partial charge in [-0.05, 0) is 43.7 Å². The second kappa shape index (κ2) is 9.36. The maximum atomic E-state index is 13.3. The minimum Gasteiger partial charge on any atom is -0.382 e. The van der Waals surface area contributed by atoms with E-state index in [0.717, 1.165) is 36.2 Å². The first-order chi connectivity index (χ1) is 13.8. The SMILES string of the molecule is O=C(C1=CC=C/C1=C(/NCc1ccccn1)C1CCCCC1)C1CCCCC1. The van der Waals surface area contributed by atoms with Crippen LogP contribution in [0.1, 0.15) is 69.9 Å². The summed E-state index contributed by atoms with van der Waals surface area (Å²) >= 11 is 0.